The van der Waals surface area contributed by atoms with Gasteiger partial charge >= 0.3 is 12.1 Å². The van der Waals surface area contributed by atoms with E-state index < -0.39 is 31.8 Å². The first kappa shape index (κ1) is 22.7. The number of carboxylic acids is 1. The van der Waals surface area contributed by atoms with E-state index >= 15 is 0 Å². The number of hydrogen-bond donors (Lipinski definition) is 1. The Morgan fingerprint density at radius 1 is 1.29 bits per heavy atom. The van der Waals surface area contributed by atoms with E-state index in [0.717, 1.165) is 12.8 Å². The number of nitrogens with zero attached hydrogens (tertiary/aromatic N) is 2. The number of carboxylic acid groups (broad SMARTS) is 1. The first-order chi connectivity index (χ1) is 12.8. The normalized spacial score (nSPS) is 26.3. The number of hydrogen-bond acceptors (Lipinski definition) is 4. The average Bonchev–Trinajstić information content (AvgIpc) is 2.55. The highest BCUT2D eigenvalue weighted by atomic mass is 28.3. The molecular weight excluding hydrogens is 376 g/mol. The number of carbonyl (C=O) groups excluding carboxylic acids is 2. The van der Waals surface area contributed by atoms with Gasteiger partial charge in [-0.05, 0) is 51.5 Å². The second kappa shape index (κ2) is 8.04. The van der Waals surface area contributed by atoms with Crippen LogP contribution in [0.4, 0.5) is 4.79 Å². The third-order valence-corrected chi connectivity index (χ3v) is 10.8. The molecule has 2 rings (SSSR count). The highest BCUT2D eigenvalue weighted by molar-refractivity contribution is 6.78. The van der Waals surface area contributed by atoms with E-state index in [0.29, 0.717) is 19.5 Å². The Bertz CT molecular complexity index is 629. The van der Waals surface area contributed by atoms with Crippen LogP contribution in [0.15, 0.2) is 0 Å². The minimum absolute atomic E-state index is 0.0211. The number of piperidine rings is 1. The van der Waals surface area contributed by atoms with Crippen LogP contribution in [-0.2, 0) is 14.3 Å². The molecular formula is C20H36N2O5Si. The third kappa shape index (κ3) is 4.70. The number of amides is 2. The van der Waals surface area contributed by atoms with Crippen molar-refractivity contribution in [2.24, 2.45) is 11.8 Å². The maximum atomic E-state index is 12.9. The van der Waals surface area contributed by atoms with E-state index in [4.69, 9.17) is 4.74 Å². The van der Waals surface area contributed by atoms with Crippen molar-refractivity contribution in [2.45, 2.75) is 84.2 Å². The van der Waals surface area contributed by atoms with Crippen LogP contribution in [0.25, 0.3) is 0 Å². The lowest BCUT2D eigenvalue weighted by atomic mass is 9.80. The molecule has 7 nitrogen and oxygen atoms in total. The van der Waals surface area contributed by atoms with E-state index in [2.05, 4.69) is 26.9 Å². The van der Waals surface area contributed by atoms with Gasteiger partial charge < -0.3 is 19.3 Å². The summed E-state index contributed by atoms with van der Waals surface area (Å²) in [6, 6.07) is -0.728. The zero-order valence-electron chi connectivity index (χ0n) is 18.3. The van der Waals surface area contributed by atoms with E-state index in [-0.39, 0.29) is 23.5 Å². The summed E-state index contributed by atoms with van der Waals surface area (Å²) in [6.45, 7) is 14.9. The van der Waals surface area contributed by atoms with Crippen LogP contribution in [0.1, 0.15) is 53.9 Å². The summed E-state index contributed by atoms with van der Waals surface area (Å²) >= 11 is 0. The first-order valence-corrected chi connectivity index (χ1v) is 13.3. The standard InChI is InChI=1S/C20H36N2O5Si/c1-13(2)28(6,7)22-16(18(24)25)15(17(22)23)11-14-9-8-10-21(12-14)19(26)27-20(3,4)5/h13-16H,8-12H2,1-7H3,(H,24,25)/t14-,15-,16?/m1/s1. The number of likely N-dealkylation sites (tertiary alicyclic amines) is 1. The van der Waals surface area contributed by atoms with Gasteiger partial charge in [0.2, 0.25) is 5.91 Å². The van der Waals surface area contributed by atoms with Gasteiger partial charge in [-0.15, -0.1) is 0 Å². The van der Waals surface area contributed by atoms with Gasteiger partial charge in [-0.3, -0.25) is 4.79 Å². The Kier molecular flexibility index (Phi) is 6.53. The number of aliphatic carboxylic acids is 1. The molecule has 1 N–H and O–H groups in total. The van der Waals surface area contributed by atoms with Crippen LogP contribution < -0.4 is 0 Å². The molecule has 0 aliphatic carbocycles. The predicted octanol–water partition coefficient (Wildman–Crippen LogP) is 3.55. The average molecular weight is 413 g/mol. The minimum atomic E-state index is -2.13. The van der Waals surface area contributed by atoms with Crippen LogP contribution >= 0.6 is 0 Å². The van der Waals surface area contributed by atoms with E-state index in [1.165, 1.54) is 0 Å². The molecule has 0 bridgehead atoms. The van der Waals surface area contributed by atoms with Gasteiger partial charge in [-0.25, -0.2) is 9.59 Å². The molecule has 1 unspecified atom stereocenters. The second-order valence-corrected chi connectivity index (χ2v) is 15.0. The van der Waals surface area contributed by atoms with Crippen LogP contribution in [0.2, 0.25) is 18.6 Å². The van der Waals surface area contributed by atoms with Gasteiger partial charge in [0.05, 0.1) is 5.92 Å². The summed E-state index contributed by atoms with van der Waals surface area (Å²) in [4.78, 5) is 38.9. The zero-order valence-corrected chi connectivity index (χ0v) is 19.3. The van der Waals surface area contributed by atoms with Gasteiger partial charge in [-0.2, -0.15) is 0 Å². The van der Waals surface area contributed by atoms with Crippen molar-refractivity contribution >= 4 is 26.2 Å². The smallest absolute Gasteiger partial charge is 0.410 e. The van der Waals surface area contributed by atoms with E-state index in [9.17, 15) is 19.5 Å². The fourth-order valence-electron chi connectivity index (χ4n) is 4.09. The monoisotopic (exact) mass is 412 g/mol. The summed E-state index contributed by atoms with van der Waals surface area (Å²) < 4.78 is 7.14. The van der Waals surface area contributed by atoms with E-state index in [1.807, 2.05) is 20.8 Å². The largest absolute Gasteiger partial charge is 0.480 e. The Balaban J connectivity index is 2.05. The van der Waals surface area contributed by atoms with Crippen LogP contribution in [0, 0.1) is 11.8 Å². The lowest BCUT2D eigenvalue weighted by molar-refractivity contribution is -0.165. The van der Waals surface area contributed by atoms with Crippen LogP contribution in [0.3, 0.4) is 0 Å². The Hall–Kier alpha value is -1.57. The molecule has 0 saturated carbocycles. The molecule has 2 aliphatic rings. The Labute approximate surface area is 169 Å². The molecule has 28 heavy (non-hydrogen) atoms. The van der Waals surface area contributed by atoms with Crippen molar-refractivity contribution < 1.29 is 24.2 Å². The molecule has 0 aromatic heterocycles. The predicted molar refractivity (Wildman–Crippen MR) is 109 cm³/mol. The molecule has 2 aliphatic heterocycles. The molecule has 0 radical (unpaired) electrons. The van der Waals surface area contributed by atoms with Gasteiger partial charge in [-0.1, -0.05) is 26.9 Å². The maximum Gasteiger partial charge on any atom is 0.410 e. The molecule has 2 saturated heterocycles. The summed E-state index contributed by atoms with van der Waals surface area (Å²) in [7, 11) is -2.13. The molecule has 3 atom stereocenters. The number of β-lactam (4-membered cyclic amide) rings is 1. The molecule has 0 aromatic rings. The van der Waals surface area contributed by atoms with Crippen molar-refractivity contribution in [2.75, 3.05) is 13.1 Å². The number of ether oxygens (including phenoxy) is 1. The number of carbonyl (C=O) groups is 3. The second-order valence-electron chi connectivity index (χ2n) is 10.1. The zero-order chi connectivity index (χ0) is 21.4. The maximum absolute atomic E-state index is 12.9. The topological polar surface area (TPSA) is 87.2 Å². The van der Waals surface area contributed by atoms with Crippen molar-refractivity contribution in [1.29, 1.82) is 0 Å². The van der Waals surface area contributed by atoms with Gasteiger partial charge in [0.15, 0.2) is 8.24 Å². The molecule has 2 amide bonds. The molecule has 0 aromatic carbocycles. The third-order valence-electron chi connectivity index (χ3n) is 6.26. The van der Waals surface area contributed by atoms with Gasteiger partial charge in [0.1, 0.15) is 11.6 Å². The molecule has 0 spiro atoms. The van der Waals surface area contributed by atoms with Crippen molar-refractivity contribution in [3.05, 3.63) is 0 Å². The fraction of sp³-hybridized carbons (Fsp3) is 0.850. The highest BCUT2D eigenvalue weighted by Gasteiger charge is 2.58. The minimum Gasteiger partial charge on any atom is -0.480 e. The van der Waals surface area contributed by atoms with Crippen molar-refractivity contribution in [3.63, 3.8) is 0 Å². The van der Waals surface area contributed by atoms with Crippen molar-refractivity contribution in [3.8, 4) is 0 Å². The van der Waals surface area contributed by atoms with Crippen LogP contribution in [-0.4, -0.2) is 65.5 Å². The molecule has 160 valence electrons. The molecule has 2 fully saturated rings. The van der Waals surface area contributed by atoms with Crippen molar-refractivity contribution in [1.82, 2.24) is 9.47 Å². The Morgan fingerprint density at radius 3 is 2.39 bits per heavy atom. The van der Waals surface area contributed by atoms with Crippen LogP contribution in [0.5, 0.6) is 0 Å². The lowest BCUT2D eigenvalue weighted by Crippen LogP contribution is -2.73. The number of rotatable bonds is 5. The quantitative estimate of drug-likeness (QED) is 0.551. The van der Waals surface area contributed by atoms with Gasteiger partial charge in [0, 0.05) is 13.1 Å². The first-order valence-electron chi connectivity index (χ1n) is 10.3. The molecule has 8 heteroatoms. The summed E-state index contributed by atoms with van der Waals surface area (Å²) in [5.74, 6) is -1.28. The summed E-state index contributed by atoms with van der Waals surface area (Å²) in [5, 5.41) is 9.78. The summed E-state index contributed by atoms with van der Waals surface area (Å²) in [6.07, 6.45) is 1.94. The Morgan fingerprint density at radius 2 is 1.89 bits per heavy atom. The lowest BCUT2D eigenvalue weighted by Gasteiger charge is -2.54. The summed E-state index contributed by atoms with van der Waals surface area (Å²) in [5.41, 5.74) is -0.257. The van der Waals surface area contributed by atoms with Gasteiger partial charge in [0.25, 0.3) is 0 Å². The molecule has 2 heterocycles. The highest BCUT2D eigenvalue weighted by Crippen LogP contribution is 2.41. The SMILES string of the molecule is CC(C)[Si](C)(C)N1C(=O)[C@H](C[C@H]2CCCN(C(=O)OC(C)(C)C)C2)C1C(=O)O. The fourth-order valence-corrected chi connectivity index (χ4v) is 6.39. The van der Waals surface area contributed by atoms with E-state index in [1.54, 1.807) is 9.47 Å².